The van der Waals surface area contributed by atoms with E-state index in [0.29, 0.717) is 0 Å². The zero-order valence-corrected chi connectivity index (χ0v) is 47.1. The van der Waals surface area contributed by atoms with Crippen LogP contribution < -0.4 is 16.2 Å². The zero-order chi connectivity index (χ0) is 52.2. The third-order valence-electron chi connectivity index (χ3n) is 18.6. The van der Waals surface area contributed by atoms with Gasteiger partial charge in [-0.2, -0.15) is 0 Å². The van der Waals surface area contributed by atoms with Crippen molar-refractivity contribution in [3.63, 3.8) is 0 Å². The first-order chi connectivity index (χ1) is 36.5. The molecular formula is C72H69BN2S. The third kappa shape index (κ3) is 7.26. The smallest absolute Gasteiger partial charge is 0.198 e. The number of anilines is 2. The second kappa shape index (κ2) is 16.8. The van der Waals surface area contributed by atoms with E-state index < -0.39 is 0 Å². The highest BCUT2D eigenvalue weighted by Gasteiger charge is 2.39. The van der Waals surface area contributed by atoms with Crippen LogP contribution >= 0.6 is 11.3 Å². The minimum Gasteiger partial charge on any atom is -0.355 e. The van der Waals surface area contributed by atoms with Crippen molar-refractivity contribution < 1.29 is 0 Å². The number of aryl methyl sites for hydroxylation is 1. The van der Waals surface area contributed by atoms with Crippen molar-refractivity contribution in [1.82, 2.24) is 4.57 Å². The van der Waals surface area contributed by atoms with E-state index in [-0.39, 0.29) is 21.7 Å². The molecule has 9 aromatic carbocycles. The van der Waals surface area contributed by atoms with Gasteiger partial charge in [0.05, 0.1) is 5.52 Å². The first kappa shape index (κ1) is 47.6. The van der Waals surface area contributed by atoms with Gasteiger partial charge in [-0.05, 0) is 186 Å². The summed E-state index contributed by atoms with van der Waals surface area (Å²) in [4.78, 5) is 0. The molecule has 0 saturated carbocycles. The van der Waals surface area contributed by atoms with Crippen molar-refractivity contribution in [2.24, 2.45) is 0 Å². The maximum Gasteiger partial charge on any atom is 0.198 e. The van der Waals surface area contributed by atoms with Gasteiger partial charge in [0.25, 0.3) is 0 Å². The normalized spacial score (nSPS) is 15.8. The summed E-state index contributed by atoms with van der Waals surface area (Å²) in [5.41, 5.74) is 25.5. The molecular weight excluding hydrogens is 936 g/mol. The lowest BCUT2D eigenvalue weighted by Crippen LogP contribution is -2.38. The van der Waals surface area contributed by atoms with Gasteiger partial charge in [-0.15, -0.1) is 11.3 Å². The number of benzene rings is 9. The second-order valence-corrected chi connectivity index (χ2v) is 26.9. The zero-order valence-electron chi connectivity index (χ0n) is 46.2. The Morgan fingerprint density at radius 3 is 2.04 bits per heavy atom. The van der Waals surface area contributed by atoms with E-state index in [1.807, 2.05) is 11.3 Å². The Bertz CT molecular complexity index is 4240. The van der Waals surface area contributed by atoms with Gasteiger partial charge in [0.2, 0.25) is 0 Å². The molecule has 0 atom stereocenters. The van der Waals surface area contributed by atoms with Crippen molar-refractivity contribution in [3.8, 4) is 39.1 Å². The van der Waals surface area contributed by atoms with Crippen molar-refractivity contribution in [2.45, 2.75) is 129 Å². The molecule has 2 nitrogen and oxygen atoms in total. The van der Waals surface area contributed by atoms with E-state index in [0.717, 1.165) is 25.1 Å². The SMILES string of the molecule is CCCCCc1ccc(Nc2cc3sc4cc5c(cc4c3cc2-c2cc(-c3ccc4c(c3)-c3ccccc3C4(C)C)c3c4cc6ccccc6cc4n4c3c2Bc2cc(C(C)(C)C)ccc2-4)C(C)(C)CCC5(C)C)cc1. The van der Waals surface area contributed by atoms with E-state index in [9.17, 15) is 0 Å². The number of hydrogen-bond acceptors (Lipinski definition) is 2. The number of nitrogens with zero attached hydrogens (tertiary/aromatic N) is 1. The van der Waals surface area contributed by atoms with Gasteiger partial charge in [-0.25, -0.2) is 0 Å². The Labute approximate surface area is 454 Å². The van der Waals surface area contributed by atoms with Crippen LogP contribution in [0.1, 0.15) is 135 Å². The Morgan fingerprint density at radius 2 is 1.28 bits per heavy atom. The molecule has 0 radical (unpaired) electrons. The number of rotatable bonds is 8. The maximum atomic E-state index is 4.12. The van der Waals surface area contributed by atoms with Crippen LogP contribution in [0.2, 0.25) is 0 Å². The van der Waals surface area contributed by atoms with Crippen LogP contribution in [0, 0.1) is 0 Å². The van der Waals surface area contributed by atoms with Crippen LogP contribution in [0.5, 0.6) is 0 Å². The summed E-state index contributed by atoms with van der Waals surface area (Å²) in [5.74, 6) is 0. The Morgan fingerprint density at radius 1 is 0.579 bits per heavy atom. The molecule has 0 saturated heterocycles. The first-order valence-electron chi connectivity index (χ1n) is 28.3. The molecule has 0 fully saturated rings. The average Bonchev–Trinajstić information content (AvgIpc) is 4.24. The summed E-state index contributed by atoms with van der Waals surface area (Å²) in [6, 6.07) is 60.0. The molecule has 0 bridgehead atoms. The quantitative estimate of drug-likeness (QED) is 0.119. The molecule has 11 aromatic rings. The van der Waals surface area contributed by atoms with Crippen LogP contribution in [0.25, 0.3) is 91.8 Å². The van der Waals surface area contributed by atoms with Crippen LogP contribution in [-0.4, -0.2) is 11.8 Å². The van der Waals surface area contributed by atoms with Gasteiger partial charge in [0.1, 0.15) is 0 Å². The minimum atomic E-state index is -0.0859. The molecule has 2 aromatic heterocycles. The largest absolute Gasteiger partial charge is 0.355 e. The van der Waals surface area contributed by atoms with Gasteiger partial charge in [-0.3, -0.25) is 0 Å². The molecule has 76 heavy (non-hydrogen) atoms. The maximum absolute atomic E-state index is 4.12. The fourth-order valence-electron chi connectivity index (χ4n) is 14.0. The summed E-state index contributed by atoms with van der Waals surface area (Å²) in [7, 11) is 0.831. The van der Waals surface area contributed by atoms with Gasteiger partial charge < -0.3 is 9.88 Å². The Hall–Kier alpha value is -6.88. The molecule has 3 aliphatic rings. The molecule has 2 aliphatic carbocycles. The predicted octanol–water partition coefficient (Wildman–Crippen LogP) is 18.8. The lowest BCUT2D eigenvalue weighted by atomic mass is 9.58. The topological polar surface area (TPSA) is 17.0 Å². The van der Waals surface area contributed by atoms with Gasteiger partial charge in [0, 0.05) is 64.5 Å². The van der Waals surface area contributed by atoms with E-state index in [2.05, 4.69) is 231 Å². The molecule has 0 unspecified atom stereocenters. The summed E-state index contributed by atoms with van der Waals surface area (Å²) < 4.78 is 5.37. The number of unbranched alkanes of at least 4 members (excludes halogenated alkanes) is 2. The van der Waals surface area contributed by atoms with Crippen LogP contribution in [0.15, 0.2) is 152 Å². The standard InChI is InChI=1S/C72H69BN2S/c1-11-12-13-18-42-23-27-47(28-24-42)74-61-41-65-52(53-39-58-59(40-64(53)76-65)71(7,8)32-31-70(58,5)6)38-51(61)54-37-49(45-25-29-57-50(34-45)48-21-16-17-22-56(48)72(57,9)10)66-55-33-43-19-14-15-20-44(43)35-63(55)75-62-30-26-46(69(2,3)4)36-60(62)73-67(54)68(66)75/h14-17,19-30,33-41,73-74H,11-13,18,31-32H2,1-10H3. The number of thiophene rings is 1. The average molecular weight is 1010 g/mol. The van der Waals surface area contributed by atoms with Crippen LogP contribution in [-0.2, 0) is 28.1 Å². The fourth-order valence-corrected chi connectivity index (χ4v) is 15.2. The number of aromatic nitrogens is 1. The number of hydrogen-bond donors (Lipinski definition) is 1. The summed E-state index contributed by atoms with van der Waals surface area (Å²) in [6.07, 6.45) is 7.23. The second-order valence-electron chi connectivity index (χ2n) is 25.9. The lowest BCUT2D eigenvalue weighted by Gasteiger charge is -2.41. The van der Waals surface area contributed by atoms with Crippen molar-refractivity contribution in [1.29, 1.82) is 0 Å². The van der Waals surface area contributed by atoms with Crippen molar-refractivity contribution in [2.75, 3.05) is 5.32 Å². The highest BCUT2D eigenvalue weighted by molar-refractivity contribution is 7.25. The molecule has 0 amide bonds. The third-order valence-corrected chi connectivity index (χ3v) is 19.7. The molecule has 0 spiro atoms. The van der Waals surface area contributed by atoms with Gasteiger partial charge in [-0.1, -0.05) is 172 Å². The summed E-state index contributed by atoms with van der Waals surface area (Å²) in [5, 5.41) is 12.0. The number of fused-ring (bicyclic) bond motifs is 13. The van der Waals surface area contributed by atoms with E-state index in [1.165, 1.54) is 168 Å². The molecule has 3 heterocycles. The lowest BCUT2D eigenvalue weighted by molar-refractivity contribution is 0.332. The van der Waals surface area contributed by atoms with Crippen LogP contribution in [0.3, 0.4) is 0 Å². The monoisotopic (exact) mass is 1000 g/mol. The van der Waals surface area contributed by atoms with Crippen molar-refractivity contribution in [3.05, 3.63) is 185 Å². The highest BCUT2D eigenvalue weighted by atomic mass is 32.1. The Kier molecular flexibility index (Phi) is 10.5. The Balaban J connectivity index is 1.10. The molecule has 376 valence electrons. The number of nitrogens with one attached hydrogen (secondary N) is 1. The highest BCUT2D eigenvalue weighted by Crippen LogP contribution is 2.53. The molecule has 1 aliphatic heterocycles. The van der Waals surface area contributed by atoms with Gasteiger partial charge >= 0.3 is 0 Å². The van der Waals surface area contributed by atoms with Gasteiger partial charge in [0.15, 0.2) is 7.28 Å². The first-order valence-corrected chi connectivity index (χ1v) is 29.1. The van der Waals surface area contributed by atoms with E-state index in [4.69, 9.17) is 0 Å². The summed E-state index contributed by atoms with van der Waals surface area (Å²) in [6.45, 7) is 24.0. The minimum absolute atomic E-state index is 0.00365. The molecule has 4 heteroatoms. The fraction of sp³-hybridized carbons (Fsp3) is 0.278. The van der Waals surface area contributed by atoms with Crippen molar-refractivity contribution >= 4 is 93.7 Å². The van der Waals surface area contributed by atoms with Crippen LogP contribution in [0.4, 0.5) is 11.4 Å². The van der Waals surface area contributed by atoms with E-state index >= 15 is 0 Å². The van der Waals surface area contributed by atoms with E-state index in [1.54, 1.807) is 0 Å². The summed E-state index contributed by atoms with van der Waals surface area (Å²) >= 11 is 1.96. The molecule has 1 N–H and O–H groups in total. The predicted molar refractivity (Wildman–Crippen MR) is 333 cm³/mol. The molecule has 14 rings (SSSR count).